The maximum absolute atomic E-state index is 13.6. The van der Waals surface area contributed by atoms with Crippen molar-refractivity contribution in [2.75, 3.05) is 31.1 Å². The Morgan fingerprint density at radius 1 is 1.16 bits per heavy atom. The van der Waals surface area contributed by atoms with Crippen molar-refractivity contribution in [1.29, 1.82) is 0 Å². The summed E-state index contributed by atoms with van der Waals surface area (Å²) in [4.78, 5) is 34.7. The normalized spacial score (nSPS) is 19.7. The van der Waals surface area contributed by atoms with Crippen LogP contribution in [0.3, 0.4) is 0 Å². The Morgan fingerprint density at radius 2 is 2.00 bits per heavy atom. The van der Waals surface area contributed by atoms with Crippen LogP contribution in [0.2, 0.25) is 0 Å². The number of para-hydroxylation sites is 1. The third-order valence-corrected chi connectivity index (χ3v) is 7.83. The summed E-state index contributed by atoms with van der Waals surface area (Å²) in [6.45, 7) is 2.53. The number of likely N-dealkylation sites (tertiary alicyclic amines) is 1. The summed E-state index contributed by atoms with van der Waals surface area (Å²) < 4.78 is 6.92. The van der Waals surface area contributed by atoms with Gasteiger partial charge in [-0.05, 0) is 49.3 Å². The zero-order chi connectivity index (χ0) is 21.2. The molecular formula is C23H25N3O3S2. The third kappa shape index (κ3) is 4.37. The number of rotatable bonds is 5. The van der Waals surface area contributed by atoms with E-state index in [0.717, 1.165) is 40.4 Å². The highest BCUT2D eigenvalue weighted by atomic mass is 32.1. The van der Waals surface area contributed by atoms with Crippen LogP contribution >= 0.6 is 22.7 Å². The fraction of sp³-hybridized carbons (Fsp3) is 0.435. The minimum atomic E-state index is -0.0973. The van der Waals surface area contributed by atoms with Gasteiger partial charge in [-0.15, -0.1) is 0 Å². The molecule has 1 aromatic carbocycles. The number of ether oxygens (including phenoxy) is 1. The van der Waals surface area contributed by atoms with Gasteiger partial charge in [-0.1, -0.05) is 23.5 Å². The van der Waals surface area contributed by atoms with Gasteiger partial charge in [0.05, 0.1) is 28.4 Å². The largest absolute Gasteiger partial charge is 0.376 e. The molecular weight excluding hydrogens is 430 g/mol. The quantitative estimate of drug-likeness (QED) is 0.571. The van der Waals surface area contributed by atoms with E-state index in [9.17, 15) is 9.59 Å². The molecule has 2 aliphatic heterocycles. The molecule has 0 N–H and O–H groups in total. The number of thiazole rings is 1. The molecule has 31 heavy (non-hydrogen) atoms. The Morgan fingerprint density at radius 3 is 2.71 bits per heavy atom. The molecule has 2 aromatic heterocycles. The van der Waals surface area contributed by atoms with Crippen molar-refractivity contribution >= 4 is 49.8 Å². The second-order valence-corrected chi connectivity index (χ2v) is 9.92. The Hall–Kier alpha value is -2.29. The summed E-state index contributed by atoms with van der Waals surface area (Å²) in [5.41, 5.74) is 1.66. The van der Waals surface area contributed by atoms with Crippen LogP contribution in [0.15, 0.2) is 41.1 Å². The molecule has 3 aromatic rings. The van der Waals surface area contributed by atoms with E-state index in [0.29, 0.717) is 32.5 Å². The Bertz CT molecular complexity index is 1020. The van der Waals surface area contributed by atoms with E-state index in [-0.39, 0.29) is 23.8 Å². The van der Waals surface area contributed by atoms with E-state index >= 15 is 0 Å². The standard InChI is InChI=1S/C23H25N3O3S2/c27-21(17-9-13-30-15-17)25-10-7-16(8-11-25)22(28)26(14-18-4-3-12-29-18)23-24-19-5-1-2-6-20(19)31-23/h1-2,5-6,9,13,15-16,18H,3-4,7-8,10-12,14H2/t18-/m0/s1. The highest BCUT2D eigenvalue weighted by Gasteiger charge is 2.34. The molecule has 0 spiro atoms. The van der Waals surface area contributed by atoms with E-state index < -0.39 is 0 Å². The van der Waals surface area contributed by atoms with Crippen LogP contribution in [-0.4, -0.2) is 54.0 Å². The lowest BCUT2D eigenvalue weighted by molar-refractivity contribution is -0.124. The first-order valence-electron chi connectivity index (χ1n) is 10.8. The minimum Gasteiger partial charge on any atom is -0.376 e. The summed E-state index contributed by atoms with van der Waals surface area (Å²) in [5, 5.41) is 4.55. The van der Waals surface area contributed by atoms with Gasteiger partial charge in [-0.2, -0.15) is 11.3 Å². The van der Waals surface area contributed by atoms with Crippen LogP contribution in [0, 0.1) is 5.92 Å². The molecule has 4 heterocycles. The first-order chi connectivity index (χ1) is 15.2. The maximum Gasteiger partial charge on any atom is 0.254 e. The lowest BCUT2D eigenvalue weighted by atomic mass is 9.94. The average molecular weight is 456 g/mol. The summed E-state index contributed by atoms with van der Waals surface area (Å²) >= 11 is 3.09. The number of hydrogen-bond donors (Lipinski definition) is 0. The number of carbonyl (C=O) groups is 2. The smallest absolute Gasteiger partial charge is 0.254 e. The fourth-order valence-electron chi connectivity index (χ4n) is 4.35. The van der Waals surface area contributed by atoms with Gasteiger partial charge >= 0.3 is 0 Å². The minimum absolute atomic E-state index is 0.0644. The first kappa shape index (κ1) is 20.6. The van der Waals surface area contributed by atoms with Crippen molar-refractivity contribution in [1.82, 2.24) is 9.88 Å². The van der Waals surface area contributed by atoms with E-state index in [1.54, 1.807) is 11.3 Å². The third-order valence-electron chi connectivity index (χ3n) is 6.09. The van der Waals surface area contributed by atoms with Crippen LogP contribution in [0.5, 0.6) is 0 Å². The number of fused-ring (bicyclic) bond motifs is 1. The van der Waals surface area contributed by atoms with Crippen molar-refractivity contribution < 1.29 is 14.3 Å². The van der Waals surface area contributed by atoms with E-state index in [1.807, 2.05) is 50.9 Å². The van der Waals surface area contributed by atoms with E-state index in [1.165, 1.54) is 11.3 Å². The van der Waals surface area contributed by atoms with E-state index in [4.69, 9.17) is 9.72 Å². The molecule has 162 valence electrons. The van der Waals surface area contributed by atoms with Crippen LogP contribution in [0.25, 0.3) is 10.2 Å². The van der Waals surface area contributed by atoms with Gasteiger partial charge in [-0.25, -0.2) is 4.98 Å². The van der Waals surface area contributed by atoms with Crippen molar-refractivity contribution in [3.8, 4) is 0 Å². The molecule has 6 nitrogen and oxygen atoms in total. The van der Waals surface area contributed by atoms with Crippen LogP contribution in [-0.2, 0) is 9.53 Å². The lowest BCUT2D eigenvalue weighted by Gasteiger charge is -2.34. The molecule has 5 rings (SSSR count). The molecule has 0 unspecified atom stereocenters. The number of benzene rings is 1. The molecule has 2 saturated heterocycles. The van der Waals surface area contributed by atoms with Crippen LogP contribution < -0.4 is 4.90 Å². The van der Waals surface area contributed by atoms with Gasteiger partial charge in [-0.3, -0.25) is 14.5 Å². The summed E-state index contributed by atoms with van der Waals surface area (Å²) in [6.07, 6.45) is 3.44. The number of piperidine rings is 1. The Kier molecular flexibility index (Phi) is 6.02. The van der Waals surface area contributed by atoms with E-state index in [2.05, 4.69) is 0 Å². The van der Waals surface area contributed by atoms with Crippen molar-refractivity contribution in [3.05, 3.63) is 46.7 Å². The Labute approximate surface area is 189 Å². The number of amides is 2. The second kappa shape index (κ2) is 9.06. The zero-order valence-electron chi connectivity index (χ0n) is 17.2. The molecule has 0 bridgehead atoms. The Balaban J connectivity index is 1.31. The molecule has 0 aliphatic carbocycles. The van der Waals surface area contributed by atoms with Gasteiger partial charge in [0, 0.05) is 31.0 Å². The number of aromatic nitrogens is 1. The second-order valence-electron chi connectivity index (χ2n) is 8.13. The predicted molar refractivity (Wildman–Crippen MR) is 124 cm³/mol. The number of thiophene rings is 1. The summed E-state index contributed by atoms with van der Waals surface area (Å²) in [7, 11) is 0. The number of nitrogens with zero attached hydrogens (tertiary/aromatic N) is 3. The topological polar surface area (TPSA) is 62.7 Å². The first-order valence-corrected chi connectivity index (χ1v) is 12.5. The van der Waals surface area contributed by atoms with Crippen molar-refractivity contribution in [3.63, 3.8) is 0 Å². The van der Waals surface area contributed by atoms with Crippen molar-refractivity contribution in [2.24, 2.45) is 5.92 Å². The summed E-state index contributed by atoms with van der Waals surface area (Å²) in [6, 6.07) is 9.86. The molecule has 2 aliphatic rings. The monoisotopic (exact) mass is 455 g/mol. The summed E-state index contributed by atoms with van der Waals surface area (Å²) in [5.74, 6) is 0.0756. The average Bonchev–Trinajstić information content (AvgIpc) is 3.58. The van der Waals surface area contributed by atoms with Crippen LogP contribution in [0.4, 0.5) is 5.13 Å². The predicted octanol–water partition coefficient (Wildman–Crippen LogP) is 4.42. The van der Waals surface area contributed by atoms with Crippen molar-refractivity contribution in [2.45, 2.75) is 31.8 Å². The number of anilines is 1. The number of hydrogen-bond acceptors (Lipinski definition) is 6. The zero-order valence-corrected chi connectivity index (χ0v) is 18.9. The van der Waals surface area contributed by atoms with Gasteiger partial charge in [0.1, 0.15) is 0 Å². The fourth-order valence-corrected chi connectivity index (χ4v) is 5.96. The number of carbonyl (C=O) groups excluding carboxylic acids is 2. The highest BCUT2D eigenvalue weighted by molar-refractivity contribution is 7.22. The molecule has 2 amide bonds. The molecule has 1 atom stereocenters. The molecule has 8 heteroatoms. The molecule has 2 fully saturated rings. The van der Waals surface area contributed by atoms with Gasteiger partial charge in [0.2, 0.25) is 5.91 Å². The molecule has 0 saturated carbocycles. The van der Waals surface area contributed by atoms with Gasteiger partial charge in [0.25, 0.3) is 5.91 Å². The van der Waals surface area contributed by atoms with Gasteiger partial charge in [0.15, 0.2) is 5.13 Å². The highest BCUT2D eigenvalue weighted by Crippen LogP contribution is 2.32. The SMILES string of the molecule is O=C(c1ccsc1)N1CCC(C(=O)N(C[C@@H]2CCCO2)c2nc3ccccc3s2)CC1. The van der Waals surface area contributed by atoms with Gasteiger partial charge < -0.3 is 9.64 Å². The maximum atomic E-state index is 13.6. The van der Waals surface area contributed by atoms with Crippen LogP contribution in [0.1, 0.15) is 36.0 Å². The lowest BCUT2D eigenvalue weighted by Crippen LogP contribution is -2.46. The molecule has 0 radical (unpaired) electrons.